The van der Waals surface area contributed by atoms with Gasteiger partial charge in [0.2, 0.25) is 0 Å². The molecule has 2 nitrogen and oxygen atoms in total. The smallest absolute Gasteiger partial charge is 0.0907 e. The lowest BCUT2D eigenvalue weighted by atomic mass is 9.98. The number of fused-ring (bicyclic) bond motifs is 1. The molecule has 108 valence electrons. The van der Waals surface area contributed by atoms with E-state index in [1.54, 1.807) is 11.3 Å². The number of aryl methyl sites for hydroxylation is 1. The minimum atomic E-state index is 0.577. The number of anilines is 1. The second-order valence-corrected chi connectivity index (χ2v) is 6.68. The zero-order valence-electron chi connectivity index (χ0n) is 12.5. The van der Waals surface area contributed by atoms with Crippen LogP contribution in [0.5, 0.6) is 0 Å². The zero-order valence-corrected chi connectivity index (χ0v) is 13.3. The summed E-state index contributed by atoms with van der Waals surface area (Å²) in [5.41, 5.74) is 3.69. The van der Waals surface area contributed by atoms with Gasteiger partial charge in [0.25, 0.3) is 0 Å². The van der Waals surface area contributed by atoms with Gasteiger partial charge >= 0.3 is 0 Å². The first-order chi connectivity index (χ1) is 10.2. The van der Waals surface area contributed by atoms with Gasteiger partial charge in [-0.15, -0.1) is 11.3 Å². The van der Waals surface area contributed by atoms with Crippen LogP contribution in [-0.4, -0.2) is 11.5 Å². The molecule has 0 spiro atoms. The van der Waals surface area contributed by atoms with Crippen LogP contribution < -0.4 is 5.32 Å². The van der Waals surface area contributed by atoms with Gasteiger partial charge in [0.1, 0.15) is 0 Å². The van der Waals surface area contributed by atoms with Crippen LogP contribution in [0.15, 0.2) is 48.5 Å². The molecule has 1 heterocycles. The quantitative estimate of drug-likeness (QED) is 0.699. The van der Waals surface area contributed by atoms with Crippen molar-refractivity contribution in [2.45, 2.75) is 26.2 Å². The number of thiazole rings is 1. The predicted molar refractivity (Wildman–Crippen MR) is 92.3 cm³/mol. The third-order valence-corrected chi connectivity index (χ3v) is 4.70. The lowest BCUT2D eigenvalue weighted by Crippen LogP contribution is -2.05. The second kappa shape index (κ2) is 6.27. The van der Waals surface area contributed by atoms with E-state index in [0.717, 1.165) is 23.5 Å². The summed E-state index contributed by atoms with van der Waals surface area (Å²) >= 11 is 1.75. The fourth-order valence-electron chi connectivity index (χ4n) is 2.53. The third kappa shape index (κ3) is 3.42. The molecule has 0 bridgehead atoms. The fourth-order valence-corrected chi connectivity index (χ4v) is 3.40. The van der Waals surface area contributed by atoms with Crippen molar-refractivity contribution in [1.29, 1.82) is 0 Å². The van der Waals surface area contributed by atoms with Crippen molar-refractivity contribution in [2.24, 2.45) is 0 Å². The Hall–Kier alpha value is -1.87. The molecule has 3 heteroatoms. The summed E-state index contributed by atoms with van der Waals surface area (Å²) in [5.74, 6) is 0.577. The van der Waals surface area contributed by atoms with Crippen molar-refractivity contribution in [3.8, 4) is 0 Å². The van der Waals surface area contributed by atoms with Crippen molar-refractivity contribution < 1.29 is 0 Å². The van der Waals surface area contributed by atoms with E-state index in [4.69, 9.17) is 0 Å². The van der Waals surface area contributed by atoms with Gasteiger partial charge in [0.05, 0.1) is 15.2 Å². The summed E-state index contributed by atoms with van der Waals surface area (Å²) in [6.45, 7) is 5.32. The van der Waals surface area contributed by atoms with Crippen molar-refractivity contribution in [3.63, 3.8) is 0 Å². The first-order valence-electron chi connectivity index (χ1n) is 7.38. The van der Waals surface area contributed by atoms with Gasteiger partial charge in [-0.2, -0.15) is 0 Å². The molecular formula is C18H20N2S. The summed E-state index contributed by atoms with van der Waals surface area (Å²) < 4.78 is 1.26. The normalized spacial score (nSPS) is 12.5. The molecule has 0 saturated heterocycles. The number of aromatic nitrogens is 1. The summed E-state index contributed by atoms with van der Waals surface area (Å²) in [6.07, 6.45) is 1.13. The molecule has 0 amide bonds. The van der Waals surface area contributed by atoms with Gasteiger partial charge in [-0.3, -0.25) is 0 Å². The van der Waals surface area contributed by atoms with Gasteiger partial charge in [0.15, 0.2) is 0 Å². The number of nitrogens with zero attached hydrogens (tertiary/aromatic N) is 1. The van der Waals surface area contributed by atoms with Gasteiger partial charge in [-0.1, -0.05) is 37.3 Å². The molecule has 2 aromatic carbocycles. The average molecular weight is 296 g/mol. The number of hydrogen-bond donors (Lipinski definition) is 1. The maximum Gasteiger partial charge on any atom is 0.0907 e. The van der Waals surface area contributed by atoms with E-state index in [0.29, 0.717) is 5.92 Å². The van der Waals surface area contributed by atoms with Crippen LogP contribution in [0.25, 0.3) is 10.2 Å². The molecular weight excluding hydrogens is 276 g/mol. The molecule has 21 heavy (non-hydrogen) atoms. The Bertz CT molecular complexity index is 718. The second-order valence-electron chi connectivity index (χ2n) is 5.44. The molecule has 0 aliphatic heterocycles. The number of benzene rings is 2. The van der Waals surface area contributed by atoms with Crippen molar-refractivity contribution in [3.05, 3.63) is 59.1 Å². The first kappa shape index (κ1) is 14.1. The molecule has 3 rings (SSSR count). The predicted octanol–water partition coefficient (Wildman–Crippen LogP) is 5.21. The Kier molecular flexibility index (Phi) is 4.20. The molecule has 1 atom stereocenters. The number of hydrogen-bond acceptors (Lipinski definition) is 3. The molecule has 1 aromatic heterocycles. The van der Waals surface area contributed by atoms with Gasteiger partial charge < -0.3 is 5.32 Å². The van der Waals surface area contributed by atoms with Crippen LogP contribution in [0.2, 0.25) is 0 Å². The summed E-state index contributed by atoms with van der Waals surface area (Å²) in [6, 6.07) is 17.1. The minimum Gasteiger partial charge on any atom is -0.385 e. The lowest BCUT2D eigenvalue weighted by Gasteiger charge is -2.13. The maximum absolute atomic E-state index is 4.49. The highest BCUT2D eigenvalue weighted by Crippen LogP contribution is 2.25. The Morgan fingerprint density at radius 1 is 1.14 bits per heavy atom. The topological polar surface area (TPSA) is 24.9 Å². The Morgan fingerprint density at radius 3 is 2.76 bits per heavy atom. The van der Waals surface area contributed by atoms with Gasteiger partial charge in [-0.25, -0.2) is 4.98 Å². The summed E-state index contributed by atoms with van der Waals surface area (Å²) in [5, 5.41) is 4.65. The van der Waals surface area contributed by atoms with Crippen LogP contribution in [-0.2, 0) is 0 Å². The van der Waals surface area contributed by atoms with E-state index in [9.17, 15) is 0 Å². The molecule has 1 N–H and O–H groups in total. The van der Waals surface area contributed by atoms with Crippen molar-refractivity contribution in [1.82, 2.24) is 4.98 Å². The summed E-state index contributed by atoms with van der Waals surface area (Å²) in [4.78, 5) is 4.49. The molecule has 3 aromatic rings. The standard InChI is InChI=1S/C18H20N2S/c1-13(15-6-4-3-5-7-15)10-11-19-16-8-9-17-18(12-16)21-14(2)20-17/h3-9,12-13,19H,10-11H2,1-2H3. The lowest BCUT2D eigenvalue weighted by molar-refractivity contribution is 0.706. The monoisotopic (exact) mass is 296 g/mol. The van der Waals surface area contributed by atoms with E-state index >= 15 is 0 Å². The van der Waals surface area contributed by atoms with Crippen LogP contribution in [0, 0.1) is 6.92 Å². The summed E-state index contributed by atoms with van der Waals surface area (Å²) in [7, 11) is 0. The number of rotatable bonds is 5. The molecule has 1 unspecified atom stereocenters. The maximum atomic E-state index is 4.49. The highest BCUT2D eigenvalue weighted by atomic mass is 32.1. The molecule has 0 radical (unpaired) electrons. The average Bonchev–Trinajstić information content (AvgIpc) is 2.87. The highest BCUT2D eigenvalue weighted by Gasteiger charge is 2.05. The van der Waals surface area contributed by atoms with E-state index < -0.39 is 0 Å². The van der Waals surface area contributed by atoms with Gasteiger partial charge in [0, 0.05) is 12.2 Å². The Balaban J connectivity index is 1.59. The van der Waals surface area contributed by atoms with Crippen molar-refractivity contribution in [2.75, 3.05) is 11.9 Å². The van der Waals surface area contributed by atoms with Gasteiger partial charge in [-0.05, 0) is 43.0 Å². The minimum absolute atomic E-state index is 0.577. The third-order valence-electron chi connectivity index (χ3n) is 3.77. The van der Waals surface area contributed by atoms with Crippen LogP contribution in [0.1, 0.15) is 29.8 Å². The van der Waals surface area contributed by atoms with Crippen LogP contribution in [0.4, 0.5) is 5.69 Å². The van der Waals surface area contributed by atoms with Crippen molar-refractivity contribution >= 4 is 27.2 Å². The molecule has 0 aliphatic carbocycles. The zero-order chi connectivity index (χ0) is 14.7. The van der Waals surface area contributed by atoms with Crippen LogP contribution >= 0.6 is 11.3 Å². The molecule has 0 aliphatic rings. The first-order valence-corrected chi connectivity index (χ1v) is 8.20. The van der Waals surface area contributed by atoms with E-state index in [2.05, 4.69) is 72.7 Å². The van der Waals surface area contributed by atoms with E-state index in [1.807, 2.05) is 0 Å². The van der Waals surface area contributed by atoms with E-state index in [1.165, 1.54) is 16.0 Å². The highest BCUT2D eigenvalue weighted by molar-refractivity contribution is 7.18. The fraction of sp³-hybridized carbons (Fsp3) is 0.278. The molecule has 0 fully saturated rings. The number of nitrogens with one attached hydrogen (secondary N) is 1. The van der Waals surface area contributed by atoms with Crippen LogP contribution in [0.3, 0.4) is 0 Å². The largest absolute Gasteiger partial charge is 0.385 e. The molecule has 0 saturated carbocycles. The SMILES string of the molecule is Cc1nc2ccc(NCCC(C)c3ccccc3)cc2s1. The van der Waals surface area contributed by atoms with E-state index in [-0.39, 0.29) is 0 Å². The Morgan fingerprint density at radius 2 is 1.95 bits per heavy atom. The Labute approximate surface area is 129 Å².